The van der Waals surface area contributed by atoms with Gasteiger partial charge in [-0.25, -0.2) is 0 Å². The highest BCUT2D eigenvalue weighted by Crippen LogP contribution is 2.10. The Morgan fingerprint density at radius 1 is 1.35 bits per heavy atom. The largest absolute Gasteiger partial charge is 0.352 e. The summed E-state index contributed by atoms with van der Waals surface area (Å²) in [4.78, 5) is 27.2. The summed E-state index contributed by atoms with van der Waals surface area (Å²) in [5, 5.41) is 2.89. The summed E-state index contributed by atoms with van der Waals surface area (Å²) in [6.07, 6.45) is 5.44. The Labute approximate surface area is 121 Å². The van der Waals surface area contributed by atoms with Crippen LogP contribution in [0, 0.1) is 0 Å². The molecule has 1 heterocycles. The number of carbonyl (C=O) groups excluding carboxylic acids is 2. The van der Waals surface area contributed by atoms with Crippen LogP contribution in [0.3, 0.4) is 0 Å². The Hall–Kier alpha value is -1.62. The van der Waals surface area contributed by atoms with Crippen molar-refractivity contribution in [3.8, 4) is 0 Å². The second kappa shape index (κ2) is 8.53. The second-order valence-electron chi connectivity index (χ2n) is 5.15. The van der Waals surface area contributed by atoms with Gasteiger partial charge in [0, 0.05) is 39.1 Å². The summed E-state index contributed by atoms with van der Waals surface area (Å²) in [6.45, 7) is 12.0. The van der Waals surface area contributed by atoms with Crippen LogP contribution in [0.4, 0.5) is 0 Å². The second-order valence-corrected chi connectivity index (χ2v) is 5.15. The fourth-order valence-corrected chi connectivity index (χ4v) is 2.47. The van der Waals surface area contributed by atoms with Crippen molar-refractivity contribution in [1.29, 1.82) is 0 Å². The quantitative estimate of drug-likeness (QED) is 0.701. The molecule has 0 aromatic rings. The predicted molar refractivity (Wildman–Crippen MR) is 80.3 cm³/mol. The Kier molecular flexibility index (Phi) is 7.01. The average Bonchev–Trinajstić information content (AvgIpc) is 2.38. The molecule has 2 amide bonds. The first-order valence-electron chi connectivity index (χ1n) is 7.05. The van der Waals surface area contributed by atoms with Crippen molar-refractivity contribution in [2.24, 2.45) is 0 Å². The molecule has 1 rings (SSSR count). The Morgan fingerprint density at radius 3 is 2.55 bits per heavy atom. The minimum absolute atomic E-state index is 0.0377. The molecule has 0 unspecified atom stereocenters. The van der Waals surface area contributed by atoms with Crippen molar-refractivity contribution in [2.45, 2.75) is 25.8 Å². The Morgan fingerprint density at radius 2 is 2.00 bits per heavy atom. The third-order valence-electron chi connectivity index (χ3n) is 3.31. The predicted octanol–water partition coefficient (Wildman–Crippen LogP) is 0.788. The lowest BCUT2D eigenvalue weighted by Gasteiger charge is -2.34. The molecule has 1 atom stereocenters. The topological polar surface area (TPSA) is 52.7 Å². The smallest absolute Gasteiger partial charge is 0.236 e. The van der Waals surface area contributed by atoms with E-state index < -0.39 is 0 Å². The van der Waals surface area contributed by atoms with E-state index in [0.29, 0.717) is 26.2 Å². The number of hydrogen-bond donors (Lipinski definition) is 1. The molecule has 0 spiro atoms. The molecule has 0 radical (unpaired) electrons. The van der Waals surface area contributed by atoms with Crippen molar-refractivity contribution in [2.75, 3.05) is 32.7 Å². The number of amides is 2. The van der Waals surface area contributed by atoms with Crippen LogP contribution >= 0.6 is 0 Å². The van der Waals surface area contributed by atoms with Gasteiger partial charge in [-0.3, -0.25) is 14.5 Å². The number of nitrogens with zero attached hydrogens (tertiary/aromatic N) is 2. The van der Waals surface area contributed by atoms with E-state index >= 15 is 0 Å². The molecule has 0 bridgehead atoms. The molecule has 1 fully saturated rings. The number of rotatable bonds is 7. The molecule has 0 aromatic heterocycles. The molecule has 0 aromatic carbocycles. The van der Waals surface area contributed by atoms with Gasteiger partial charge in [0.25, 0.3) is 0 Å². The van der Waals surface area contributed by atoms with Gasteiger partial charge < -0.3 is 10.2 Å². The van der Waals surface area contributed by atoms with Gasteiger partial charge in [-0.15, -0.1) is 13.2 Å². The minimum Gasteiger partial charge on any atom is -0.352 e. The average molecular weight is 279 g/mol. The summed E-state index contributed by atoms with van der Waals surface area (Å²) in [7, 11) is 0. The van der Waals surface area contributed by atoms with Gasteiger partial charge in [0.1, 0.15) is 0 Å². The summed E-state index contributed by atoms with van der Waals surface area (Å²) in [5.74, 6) is 0.0630. The third-order valence-corrected chi connectivity index (χ3v) is 3.31. The molecule has 1 saturated heterocycles. The molecule has 1 aliphatic rings. The van der Waals surface area contributed by atoms with Crippen LogP contribution in [0.15, 0.2) is 25.3 Å². The highest BCUT2D eigenvalue weighted by atomic mass is 16.2. The maximum atomic E-state index is 12.3. The number of carbonyl (C=O) groups is 2. The maximum absolute atomic E-state index is 12.3. The van der Waals surface area contributed by atoms with Crippen LogP contribution in [0.25, 0.3) is 0 Å². The summed E-state index contributed by atoms with van der Waals surface area (Å²) >= 11 is 0. The zero-order chi connectivity index (χ0) is 15.0. The van der Waals surface area contributed by atoms with E-state index in [1.165, 1.54) is 6.92 Å². The lowest BCUT2D eigenvalue weighted by molar-refractivity contribution is -0.134. The Balaban J connectivity index is 2.50. The molecule has 1 N–H and O–H groups in total. The summed E-state index contributed by atoms with van der Waals surface area (Å²) in [6, 6.07) is 0.0810. The van der Waals surface area contributed by atoms with Crippen molar-refractivity contribution in [1.82, 2.24) is 15.1 Å². The molecule has 0 saturated carbocycles. The van der Waals surface area contributed by atoms with E-state index in [1.54, 1.807) is 12.2 Å². The van der Waals surface area contributed by atoms with E-state index in [4.69, 9.17) is 0 Å². The first-order chi connectivity index (χ1) is 9.56. The number of likely N-dealkylation sites (tertiary alicyclic amines) is 1. The molecule has 20 heavy (non-hydrogen) atoms. The van der Waals surface area contributed by atoms with Gasteiger partial charge in [0.15, 0.2) is 0 Å². The summed E-state index contributed by atoms with van der Waals surface area (Å²) < 4.78 is 0. The van der Waals surface area contributed by atoms with E-state index in [9.17, 15) is 9.59 Å². The van der Waals surface area contributed by atoms with Gasteiger partial charge in [-0.05, 0) is 12.8 Å². The van der Waals surface area contributed by atoms with Crippen LogP contribution in [0.5, 0.6) is 0 Å². The maximum Gasteiger partial charge on any atom is 0.236 e. The molecule has 1 aliphatic heterocycles. The zero-order valence-corrected chi connectivity index (χ0v) is 12.3. The number of piperidine rings is 1. The van der Waals surface area contributed by atoms with Gasteiger partial charge in [-0.1, -0.05) is 12.2 Å². The van der Waals surface area contributed by atoms with Crippen LogP contribution in [-0.2, 0) is 9.59 Å². The van der Waals surface area contributed by atoms with E-state index in [0.717, 1.165) is 19.4 Å². The highest BCUT2D eigenvalue weighted by molar-refractivity contribution is 5.78. The monoisotopic (exact) mass is 279 g/mol. The van der Waals surface area contributed by atoms with Gasteiger partial charge in [0.05, 0.1) is 6.54 Å². The minimum atomic E-state index is -0.0377. The number of nitrogens with one attached hydrogen (secondary N) is 1. The Bertz CT molecular complexity index is 358. The first-order valence-corrected chi connectivity index (χ1v) is 7.05. The highest BCUT2D eigenvalue weighted by Gasteiger charge is 2.24. The lowest BCUT2D eigenvalue weighted by atomic mass is 10.1. The first kappa shape index (κ1) is 16.4. The van der Waals surface area contributed by atoms with Crippen molar-refractivity contribution >= 4 is 11.8 Å². The van der Waals surface area contributed by atoms with Crippen LogP contribution in [0.1, 0.15) is 19.8 Å². The van der Waals surface area contributed by atoms with Gasteiger partial charge >= 0.3 is 0 Å². The van der Waals surface area contributed by atoms with Gasteiger partial charge in [0.2, 0.25) is 11.8 Å². The zero-order valence-electron chi connectivity index (χ0n) is 12.3. The van der Waals surface area contributed by atoms with Gasteiger partial charge in [-0.2, -0.15) is 0 Å². The fraction of sp³-hybridized carbons (Fsp3) is 0.600. The number of hydrogen-bond acceptors (Lipinski definition) is 3. The normalized spacial score (nSPS) is 18.7. The van der Waals surface area contributed by atoms with E-state index in [1.807, 2.05) is 9.80 Å². The molecule has 5 nitrogen and oxygen atoms in total. The van der Waals surface area contributed by atoms with Crippen molar-refractivity contribution < 1.29 is 9.59 Å². The standard InChI is InChI=1S/C15H25N3O2/c1-4-8-17(9-5-2)12-15(20)18-10-6-7-14(11-18)16-13(3)19/h4-5,14H,1-2,6-12H2,3H3,(H,16,19)/t14-/m0/s1. The van der Waals surface area contributed by atoms with Crippen LogP contribution < -0.4 is 5.32 Å². The van der Waals surface area contributed by atoms with Crippen LogP contribution in [0.2, 0.25) is 0 Å². The SMILES string of the molecule is C=CCN(CC=C)CC(=O)N1CCC[C@H](NC(C)=O)C1. The van der Waals surface area contributed by atoms with E-state index in [2.05, 4.69) is 18.5 Å². The van der Waals surface area contributed by atoms with Crippen LogP contribution in [-0.4, -0.2) is 60.4 Å². The van der Waals surface area contributed by atoms with Crippen molar-refractivity contribution in [3.05, 3.63) is 25.3 Å². The molecule has 0 aliphatic carbocycles. The summed E-state index contributed by atoms with van der Waals surface area (Å²) in [5.41, 5.74) is 0. The molecular weight excluding hydrogens is 254 g/mol. The lowest BCUT2D eigenvalue weighted by Crippen LogP contribution is -2.51. The fourth-order valence-electron chi connectivity index (χ4n) is 2.47. The van der Waals surface area contributed by atoms with Crippen molar-refractivity contribution in [3.63, 3.8) is 0 Å². The molecule has 5 heteroatoms. The third kappa shape index (κ3) is 5.57. The molecular formula is C15H25N3O2. The van der Waals surface area contributed by atoms with E-state index in [-0.39, 0.29) is 17.9 Å². The molecule has 112 valence electrons.